The second-order valence-electron chi connectivity index (χ2n) is 15.5. The summed E-state index contributed by atoms with van der Waals surface area (Å²) in [5, 5.41) is 88.7. The Morgan fingerprint density at radius 3 is 2.53 bits per heavy atom. The van der Waals surface area contributed by atoms with Crippen LogP contribution in [0.15, 0.2) is 81.7 Å². The van der Waals surface area contributed by atoms with Crippen molar-refractivity contribution in [3.8, 4) is 17.2 Å². The number of aliphatic hydroxyl groups is 5. The first-order chi connectivity index (χ1) is 28.7. The molecule has 0 bridgehead atoms. The number of anilines is 1. The molecule has 3 aromatic rings. The van der Waals surface area contributed by atoms with E-state index in [-0.39, 0.29) is 41.8 Å². The predicted molar refractivity (Wildman–Crippen MR) is 218 cm³/mol. The van der Waals surface area contributed by atoms with Crippen molar-refractivity contribution in [2.45, 2.75) is 85.9 Å². The third-order valence-corrected chi connectivity index (χ3v) is 11.8. The summed E-state index contributed by atoms with van der Waals surface area (Å²) in [5.41, 5.74) is 8.30. The molecular formula is C42H48N6O12. The maximum absolute atomic E-state index is 14.5. The number of carbonyl (C=O) groups excluding carboxylic acids is 1. The number of aliphatic hydroxyl groups excluding tert-OH is 4. The van der Waals surface area contributed by atoms with Crippen LogP contribution in [0.5, 0.6) is 17.2 Å². The number of rotatable bonds is 12. The van der Waals surface area contributed by atoms with Crippen molar-refractivity contribution in [3.05, 3.63) is 89.0 Å². The molecule has 0 radical (unpaired) electrons. The molecule has 318 valence electrons. The van der Waals surface area contributed by atoms with Gasteiger partial charge in [0.15, 0.2) is 23.6 Å². The molecule has 7 rings (SSSR count). The molecule has 4 aliphatic rings. The number of hydrogen-bond acceptors (Lipinski definition) is 14. The van der Waals surface area contributed by atoms with Gasteiger partial charge in [-0.25, -0.2) is 4.79 Å². The maximum Gasteiger partial charge on any atom is 0.355 e. The predicted octanol–water partition coefficient (Wildman–Crippen LogP) is 0.633. The molecule has 18 heteroatoms. The molecule has 1 saturated heterocycles. The molecule has 0 spiro atoms. The number of benzene rings is 3. The number of carbonyl (C=O) groups is 2. The standard InChI is InChI=1S/C42H48N6O12/c1-44-40(43)47-25-11-12-41(17-25,24-5-3-2-4-6-24)18-28-27-15-31(51)32(59-42(58)38(55)37(54)36(53)33(20-49)60-42)16-29(27)48(35(28)39(56)57)34(52)10-8-22-7-9-30(50)23(13-22)14-26-19-45-21-46-26/h2-10,13,15-16,19,25,28,33,35-38,49-51,53-55,58H,11-12,14,17-18,20-21H2,1H3,(H,56,57)(H3,43,44,47). The van der Waals surface area contributed by atoms with Gasteiger partial charge in [-0.2, -0.15) is 0 Å². The van der Waals surface area contributed by atoms with E-state index in [1.807, 2.05) is 30.3 Å². The fraction of sp³-hybridized carbons (Fsp3) is 0.405. The van der Waals surface area contributed by atoms with Gasteiger partial charge < -0.3 is 61.4 Å². The first-order valence-electron chi connectivity index (χ1n) is 19.4. The van der Waals surface area contributed by atoms with Crippen molar-refractivity contribution in [3.63, 3.8) is 0 Å². The molecule has 9 atom stereocenters. The largest absolute Gasteiger partial charge is 0.508 e. The van der Waals surface area contributed by atoms with E-state index in [1.165, 1.54) is 24.3 Å². The lowest BCUT2D eigenvalue weighted by molar-refractivity contribution is -0.422. The molecule has 2 fully saturated rings. The molecule has 1 saturated carbocycles. The zero-order chi connectivity index (χ0) is 42.9. The molecule has 11 N–H and O–H groups in total. The van der Waals surface area contributed by atoms with Crippen LogP contribution >= 0.6 is 0 Å². The van der Waals surface area contributed by atoms with Crippen molar-refractivity contribution in [1.82, 2.24) is 5.32 Å². The number of aliphatic imine (C=N–C) groups is 3. The highest BCUT2D eigenvalue weighted by atomic mass is 16.8. The lowest BCUT2D eigenvalue weighted by Gasteiger charge is -2.44. The number of hydrogen-bond donors (Lipinski definition) is 10. The Morgan fingerprint density at radius 1 is 1.08 bits per heavy atom. The Hall–Kier alpha value is -5.89. The summed E-state index contributed by atoms with van der Waals surface area (Å²) < 4.78 is 10.9. The SMILES string of the molecule is CN=C(N)NC1CCC(CC2c3cc(O)c(OC4(O)OC(CO)C(O)C(O)C4O)cc3N(C(=O)C=Cc3ccc(O)c(CC4=NCN=C4)c3)C2C(=O)O)(c2ccccc2)C1. The summed E-state index contributed by atoms with van der Waals surface area (Å²) in [6, 6.07) is 15.0. The molecule has 18 nitrogen and oxygen atoms in total. The van der Waals surface area contributed by atoms with E-state index in [0.29, 0.717) is 42.8 Å². The van der Waals surface area contributed by atoms with Crippen molar-refractivity contribution < 1.29 is 59.9 Å². The summed E-state index contributed by atoms with van der Waals surface area (Å²) in [6.45, 7) is -0.600. The average molecular weight is 829 g/mol. The van der Waals surface area contributed by atoms with Crippen molar-refractivity contribution in [1.29, 1.82) is 0 Å². The third-order valence-electron chi connectivity index (χ3n) is 11.8. The van der Waals surface area contributed by atoms with Crippen LogP contribution < -0.4 is 20.7 Å². The van der Waals surface area contributed by atoms with Crippen LogP contribution in [0.2, 0.25) is 0 Å². The van der Waals surface area contributed by atoms with Gasteiger partial charge in [-0.15, -0.1) is 0 Å². The smallest absolute Gasteiger partial charge is 0.355 e. The monoisotopic (exact) mass is 828 g/mol. The second kappa shape index (κ2) is 17.0. The number of guanidine groups is 1. The number of nitrogens with zero attached hydrogens (tertiary/aromatic N) is 4. The Bertz CT molecular complexity index is 2230. The molecule has 9 unspecified atom stereocenters. The van der Waals surface area contributed by atoms with Crippen LogP contribution in [-0.2, 0) is 26.2 Å². The van der Waals surface area contributed by atoms with Crippen LogP contribution in [0.25, 0.3) is 6.08 Å². The van der Waals surface area contributed by atoms with E-state index >= 15 is 0 Å². The summed E-state index contributed by atoms with van der Waals surface area (Å²) in [4.78, 5) is 41.4. The number of amides is 1. The molecular weight excluding hydrogens is 780 g/mol. The Kier molecular flexibility index (Phi) is 12.0. The van der Waals surface area contributed by atoms with E-state index in [1.54, 1.807) is 25.4 Å². The van der Waals surface area contributed by atoms with Crippen LogP contribution in [0.1, 0.15) is 53.9 Å². The molecule has 3 aliphatic heterocycles. The van der Waals surface area contributed by atoms with Crippen molar-refractivity contribution in [2.24, 2.45) is 20.7 Å². The number of carboxylic acids is 1. The maximum atomic E-state index is 14.5. The van der Waals surface area contributed by atoms with E-state index in [9.17, 15) is 50.4 Å². The number of nitrogens with two attached hydrogens (primary N) is 1. The Labute approximate surface area is 344 Å². The first kappa shape index (κ1) is 42.2. The number of aromatic hydroxyl groups is 2. The fourth-order valence-electron chi connectivity index (χ4n) is 8.80. The molecule has 0 aromatic heterocycles. The Morgan fingerprint density at radius 2 is 1.85 bits per heavy atom. The number of phenols is 2. The lowest BCUT2D eigenvalue weighted by Crippen LogP contribution is -2.67. The summed E-state index contributed by atoms with van der Waals surface area (Å²) in [5.74, 6) is -7.15. The highest BCUT2D eigenvalue weighted by Crippen LogP contribution is 2.55. The van der Waals surface area contributed by atoms with Crippen LogP contribution in [-0.4, -0.2) is 133 Å². The second-order valence-corrected chi connectivity index (χ2v) is 15.5. The topological polar surface area (TPSA) is 293 Å². The summed E-state index contributed by atoms with van der Waals surface area (Å²) in [6.07, 6.45) is -1.27. The molecule has 1 amide bonds. The van der Waals surface area contributed by atoms with Gasteiger partial charge in [0.25, 0.3) is 5.91 Å². The number of fused-ring (bicyclic) bond motifs is 1. The lowest BCUT2D eigenvalue weighted by atomic mass is 9.70. The van der Waals surface area contributed by atoms with Gasteiger partial charge in [0.1, 0.15) is 36.8 Å². The minimum atomic E-state index is -3.13. The zero-order valence-corrected chi connectivity index (χ0v) is 32.6. The fourth-order valence-corrected chi connectivity index (χ4v) is 8.80. The van der Waals surface area contributed by atoms with Gasteiger partial charge in [0, 0.05) is 49.3 Å². The van der Waals surface area contributed by atoms with Gasteiger partial charge >= 0.3 is 11.9 Å². The number of aliphatic carboxylic acids is 1. The molecule has 3 aromatic carbocycles. The quantitative estimate of drug-likeness (QED) is 0.0519. The number of nitrogens with one attached hydrogen (secondary N) is 1. The summed E-state index contributed by atoms with van der Waals surface area (Å²) in [7, 11) is 1.57. The van der Waals surface area contributed by atoms with E-state index in [4.69, 9.17) is 15.2 Å². The van der Waals surface area contributed by atoms with E-state index in [2.05, 4.69) is 20.3 Å². The first-order valence-corrected chi connectivity index (χ1v) is 19.4. The molecule has 1 aliphatic carbocycles. The van der Waals surface area contributed by atoms with Crippen LogP contribution in [0.3, 0.4) is 0 Å². The van der Waals surface area contributed by atoms with Gasteiger partial charge in [-0.05, 0) is 72.1 Å². The van der Waals surface area contributed by atoms with Crippen LogP contribution in [0.4, 0.5) is 5.69 Å². The van der Waals surface area contributed by atoms with Crippen molar-refractivity contribution >= 4 is 41.5 Å². The van der Waals surface area contributed by atoms with Gasteiger partial charge in [0.05, 0.1) is 18.0 Å². The normalized spacial score (nSPS) is 30.1. The average Bonchev–Trinajstić information content (AvgIpc) is 3.98. The zero-order valence-electron chi connectivity index (χ0n) is 32.6. The third kappa shape index (κ3) is 8.17. The van der Waals surface area contributed by atoms with E-state index < -0.39 is 77.7 Å². The Balaban J connectivity index is 1.30. The van der Waals surface area contributed by atoms with Crippen LogP contribution in [0, 0.1) is 0 Å². The van der Waals surface area contributed by atoms with Gasteiger partial charge in [-0.1, -0.05) is 36.4 Å². The van der Waals surface area contributed by atoms with E-state index in [0.717, 1.165) is 16.5 Å². The highest BCUT2D eigenvalue weighted by Gasteiger charge is 2.56. The van der Waals surface area contributed by atoms with Gasteiger partial charge in [-0.3, -0.25) is 24.7 Å². The number of ether oxygens (including phenoxy) is 2. The molecule has 60 heavy (non-hydrogen) atoms. The minimum absolute atomic E-state index is 0.00814. The highest BCUT2D eigenvalue weighted by molar-refractivity contribution is 6.32. The van der Waals surface area contributed by atoms with Crippen molar-refractivity contribution in [2.75, 3.05) is 25.2 Å². The molecule has 3 heterocycles. The van der Waals surface area contributed by atoms with Gasteiger partial charge in [0.2, 0.25) is 0 Å². The number of phenolic OH excluding ortho intramolecular Hbond substituents is 2. The summed E-state index contributed by atoms with van der Waals surface area (Å²) >= 11 is 0. The number of carboxylic acid groups (broad SMARTS) is 1. The minimum Gasteiger partial charge on any atom is -0.508 e.